The first-order valence-electron chi connectivity index (χ1n) is 10.2. The molecule has 0 aromatic heterocycles. The van der Waals surface area contributed by atoms with Crippen LogP contribution in [0.1, 0.15) is 23.6 Å². The van der Waals surface area contributed by atoms with Gasteiger partial charge >= 0.3 is 0 Å². The highest BCUT2D eigenvalue weighted by molar-refractivity contribution is 9.10. The van der Waals surface area contributed by atoms with Crippen molar-refractivity contribution in [2.45, 2.75) is 20.0 Å². The molecule has 3 aromatic rings. The topological polar surface area (TPSA) is 50.7 Å². The van der Waals surface area contributed by atoms with E-state index in [1.54, 1.807) is 24.3 Å². The van der Waals surface area contributed by atoms with Crippen LogP contribution in [0.4, 0.5) is 10.1 Å². The smallest absolute Gasteiger partial charge is 0.264 e. The number of amidine groups is 1. The number of aryl methyl sites for hydroxylation is 1. The molecule has 0 spiro atoms. The maximum atomic E-state index is 13.4. The highest BCUT2D eigenvalue weighted by Crippen LogP contribution is 2.37. The molecule has 8 heteroatoms. The number of thioether (sulfide) groups is 1. The number of halogens is 3. The first-order chi connectivity index (χ1) is 15.9. The summed E-state index contributed by atoms with van der Waals surface area (Å²) in [5, 5.41) is 3.69. The number of aliphatic imine (C=N–C) groups is 1. The summed E-state index contributed by atoms with van der Waals surface area (Å²) in [6, 6.07) is 17.6. The minimum atomic E-state index is -0.323. The molecule has 33 heavy (non-hydrogen) atoms. The molecule has 0 radical (unpaired) electrons. The van der Waals surface area contributed by atoms with Crippen LogP contribution in [0.15, 0.2) is 75.0 Å². The average Bonchev–Trinajstić information content (AvgIpc) is 3.12. The lowest BCUT2D eigenvalue weighted by molar-refractivity contribution is -0.115. The third kappa shape index (κ3) is 6.05. The van der Waals surface area contributed by atoms with Gasteiger partial charge in [0.1, 0.15) is 12.4 Å². The maximum Gasteiger partial charge on any atom is 0.264 e. The number of carbonyl (C=O) groups excluding carboxylic acids is 1. The lowest BCUT2D eigenvalue weighted by Gasteiger charge is -2.11. The van der Waals surface area contributed by atoms with Crippen molar-refractivity contribution in [1.82, 2.24) is 5.32 Å². The summed E-state index contributed by atoms with van der Waals surface area (Å²) < 4.78 is 19.8. The van der Waals surface area contributed by atoms with Crippen molar-refractivity contribution in [2.24, 2.45) is 4.99 Å². The van der Waals surface area contributed by atoms with Gasteiger partial charge in [-0.05, 0) is 93.3 Å². The number of rotatable bonds is 6. The van der Waals surface area contributed by atoms with Crippen LogP contribution in [-0.4, -0.2) is 11.1 Å². The predicted molar refractivity (Wildman–Crippen MR) is 137 cm³/mol. The fourth-order valence-corrected chi connectivity index (χ4v) is 4.97. The minimum absolute atomic E-state index is 0.174. The molecule has 1 amide bonds. The second-order valence-corrected chi connectivity index (χ2v) is 9.53. The van der Waals surface area contributed by atoms with Crippen LogP contribution in [-0.2, 0) is 17.8 Å². The van der Waals surface area contributed by atoms with Gasteiger partial charge in [-0.3, -0.25) is 4.79 Å². The van der Waals surface area contributed by atoms with E-state index in [9.17, 15) is 9.18 Å². The number of amides is 1. The first-order valence-corrected chi connectivity index (χ1v) is 12.1. The van der Waals surface area contributed by atoms with Crippen molar-refractivity contribution < 1.29 is 13.9 Å². The fraction of sp³-hybridized carbons (Fsp3) is 0.120. The van der Waals surface area contributed by atoms with Gasteiger partial charge in [-0.1, -0.05) is 42.8 Å². The Morgan fingerprint density at radius 2 is 1.94 bits per heavy atom. The summed E-state index contributed by atoms with van der Waals surface area (Å²) in [6.07, 6.45) is 2.71. The van der Waals surface area contributed by atoms with Crippen molar-refractivity contribution in [3.63, 3.8) is 0 Å². The lowest BCUT2D eigenvalue weighted by atomic mass is 10.2. The third-order valence-corrected chi connectivity index (χ3v) is 6.60. The van der Waals surface area contributed by atoms with E-state index >= 15 is 0 Å². The molecule has 0 aliphatic carbocycles. The van der Waals surface area contributed by atoms with E-state index in [1.165, 1.54) is 29.5 Å². The highest BCUT2D eigenvalue weighted by Gasteiger charge is 2.24. The normalized spacial score (nSPS) is 15.8. The molecule has 4 nitrogen and oxygen atoms in total. The number of ether oxygens (including phenoxy) is 1. The molecule has 168 valence electrons. The van der Waals surface area contributed by atoms with E-state index in [4.69, 9.17) is 16.3 Å². The molecule has 4 rings (SSSR count). The van der Waals surface area contributed by atoms with Gasteiger partial charge < -0.3 is 10.1 Å². The van der Waals surface area contributed by atoms with E-state index < -0.39 is 0 Å². The molecule has 1 aliphatic rings. The van der Waals surface area contributed by atoms with E-state index in [0.29, 0.717) is 30.9 Å². The Labute approximate surface area is 209 Å². The van der Waals surface area contributed by atoms with Crippen molar-refractivity contribution in [3.05, 3.63) is 97.6 Å². The van der Waals surface area contributed by atoms with Gasteiger partial charge in [0, 0.05) is 0 Å². The van der Waals surface area contributed by atoms with Gasteiger partial charge in [0.15, 0.2) is 10.9 Å². The molecule has 1 fully saturated rings. The summed E-state index contributed by atoms with van der Waals surface area (Å²) in [5.41, 5.74) is 3.44. The largest absolute Gasteiger partial charge is 0.486 e. The quantitative estimate of drug-likeness (QED) is 0.331. The van der Waals surface area contributed by atoms with Gasteiger partial charge in [-0.25, -0.2) is 9.38 Å². The summed E-state index contributed by atoms with van der Waals surface area (Å²) in [5.74, 6) is -0.0940. The zero-order valence-corrected chi connectivity index (χ0v) is 20.7. The van der Waals surface area contributed by atoms with Crippen LogP contribution in [0.2, 0.25) is 5.02 Å². The average molecular weight is 546 g/mol. The monoisotopic (exact) mass is 544 g/mol. The zero-order valence-electron chi connectivity index (χ0n) is 17.6. The number of hydrogen-bond donors (Lipinski definition) is 1. The molecule has 1 heterocycles. The Kier molecular flexibility index (Phi) is 7.53. The van der Waals surface area contributed by atoms with Crippen molar-refractivity contribution >= 4 is 62.1 Å². The molecule has 0 saturated carbocycles. The van der Waals surface area contributed by atoms with Gasteiger partial charge in [-0.2, -0.15) is 0 Å². The van der Waals surface area contributed by atoms with Crippen LogP contribution in [0.5, 0.6) is 5.75 Å². The summed E-state index contributed by atoms with van der Waals surface area (Å²) in [6.45, 7) is 2.27. The van der Waals surface area contributed by atoms with Gasteiger partial charge in [0.25, 0.3) is 5.91 Å². The first kappa shape index (κ1) is 23.5. The summed E-state index contributed by atoms with van der Waals surface area (Å²) in [7, 11) is 0. The minimum Gasteiger partial charge on any atom is -0.486 e. The highest BCUT2D eigenvalue weighted by atomic mass is 79.9. The Bertz CT molecular complexity index is 1240. The van der Waals surface area contributed by atoms with Gasteiger partial charge in [0.05, 0.1) is 20.1 Å². The lowest BCUT2D eigenvalue weighted by Crippen LogP contribution is -2.19. The molecule has 0 bridgehead atoms. The van der Waals surface area contributed by atoms with E-state index in [0.717, 1.165) is 17.7 Å². The number of carbonyl (C=O) groups is 1. The second kappa shape index (κ2) is 10.5. The predicted octanol–water partition coefficient (Wildman–Crippen LogP) is 7.27. The van der Waals surface area contributed by atoms with E-state index in [-0.39, 0.29) is 18.3 Å². The maximum absolute atomic E-state index is 13.4. The Morgan fingerprint density at radius 1 is 1.15 bits per heavy atom. The Hall–Kier alpha value is -2.61. The third-order valence-electron chi connectivity index (χ3n) is 4.82. The molecular weight excluding hydrogens is 527 g/mol. The molecule has 0 unspecified atom stereocenters. The van der Waals surface area contributed by atoms with Crippen molar-refractivity contribution in [2.75, 3.05) is 0 Å². The van der Waals surface area contributed by atoms with Crippen molar-refractivity contribution in [1.29, 1.82) is 0 Å². The molecule has 1 N–H and O–H groups in total. The number of nitrogens with one attached hydrogen (secondary N) is 1. The van der Waals surface area contributed by atoms with Crippen LogP contribution >= 0.6 is 39.3 Å². The standard InChI is InChI=1S/C25H19BrClFN2O2S/c1-2-15-6-8-19(9-7-15)29-25-30-24(31)22(33-25)13-17-11-20(26)23(21(27)12-17)32-14-16-4-3-5-18(28)10-16/h3-13H,2,14H2,1H3,(H,29,30,31)/b22-13-. The van der Waals surface area contributed by atoms with Crippen LogP contribution in [0.25, 0.3) is 6.08 Å². The molecule has 1 aliphatic heterocycles. The zero-order chi connectivity index (χ0) is 23.4. The summed E-state index contributed by atoms with van der Waals surface area (Å²) >= 11 is 11.2. The van der Waals surface area contributed by atoms with Crippen LogP contribution < -0.4 is 10.1 Å². The molecule has 0 atom stereocenters. The van der Waals surface area contributed by atoms with E-state index in [1.807, 2.05) is 30.3 Å². The Balaban J connectivity index is 1.49. The number of benzene rings is 3. The van der Waals surface area contributed by atoms with Gasteiger partial charge in [-0.15, -0.1) is 0 Å². The number of hydrogen-bond acceptors (Lipinski definition) is 4. The fourth-order valence-electron chi connectivity index (χ4n) is 3.14. The van der Waals surface area contributed by atoms with Crippen LogP contribution in [0.3, 0.4) is 0 Å². The van der Waals surface area contributed by atoms with E-state index in [2.05, 4.69) is 33.2 Å². The SMILES string of the molecule is CCc1ccc(N=C2NC(=O)/C(=C/c3cc(Cl)c(OCc4cccc(F)c4)c(Br)c3)S2)cc1. The summed E-state index contributed by atoms with van der Waals surface area (Å²) in [4.78, 5) is 17.4. The molecule has 1 saturated heterocycles. The molecule has 3 aromatic carbocycles. The Morgan fingerprint density at radius 3 is 2.64 bits per heavy atom. The van der Waals surface area contributed by atoms with Crippen LogP contribution in [0, 0.1) is 5.82 Å². The second-order valence-electron chi connectivity index (χ2n) is 7.23. The number of nitrogens with zero attached hydrogens (tertiary/aromatic N) is 1. The molecular formula is C25H19BrClFN2O2S. The van der Waals surface area contributed by atoms with Crippen molar-refractivity contribution in [3.8, 4) is 5.75 Å². The van der Waals surface area contributed by atoms with Gasteiger partial charge in [0.2, 0.25) is 0 Å².